The van der Waals surface area contributed by atoms with Crippen LogP contribution in [0, 0.1) is 40.4 Å². The zero-order chi connectivity index (χ0) is 20.1. The van der Waals surface area contributed by atoms with E-state index in [0.717, 1.165) is 37.0 Å². The molecule has 3 fully saturated rings. The fraction of sp³-hybridized carbons (Fsp3) is 0.880. The summed E-state index contributed by atoms with van der Waals surface area (Å²) < 4.78 is 4.87. The molecular weight excluding hydrogens is 348 g/mol. The molecule has 0 heterocycles. The van der Waals surface area contributed by atoms with E-state index in [0.29, 0.717) is 29.1 Å². The van der Waals surface area contributed by atoms with Gasteiger partial charge in [0.05, 0.1) is 13.2 Å². The fourth-order valence-corrected chi connectivity index (χ4v) is 8.13. The van der Waals surface area contributed by atoms with Crippen molar-refractivity contribution in [2.45, 2.75) is 91.1 Å². The average molecular weight is 389 g/mol. The van der Waals surface area contributed by atoms with Crippen LogP contribution in [0.1, 0.15) is 85.0 Å². The van der Waals surface area contributed by atoms with E-state index in [2.05, 4.69) is 26.8 Å². The van der Waals surface area contributed by atoms with Crippen LogP contribution < -0.4 is 0 Å². The van der Waals surface area contributed by atoms with E-state index >= 15 is 0 Å². The molecule has 3 nitrogen and oxygen atoms in total. The smallest absolute Gasteiger partial charge is 0.305 e. The third-order valence-electron chi connectivity index (χ3n) is 9.79. The largest absolute Gasteiger partial charge is 0.469 e. The minimum absolute atomic E-state index is 0.0666. The molecule has 0 bridgehead atoms. The van der Waals surface area contributed by atoms with Gasteiger partial charge in [0.2, 0.25) is 0 Å². The summed E-state index contributed by atoms with van der Waals surface area (Å²) in [5.74, 6) is 3.48. The van der Waals surface area contributed by atoms with Crippen molar-refractivity contribution in [1.29, 1.82) is 0 Å². The third kappa shape index (κ3) is 3.16. The van der Waals surface area contributed by atoms with Crippen molar-refractivity contribution in [3.8, 4) is 0 Å². The van der Waals surface area contributed by atoms with Crippen molar-refractivity contribution < 1.29 is 14.6 Å². The second kappa shape index (κ2) is 7.45. The normalized spacial score (nSPS) is 46.0. The van der Waals surface area contributed by atoms with Crippen molar-refractivity contribution in [2.24, 2.45) is 40.4 Å². The molecule has 0 aromatic rings. The quantitative estimate of drug-likeness (QED) is 0.510. The number of aliphatic hydroxyl groups excluding tert-OH is 1. The Morgan fingerprint density at radius 3 is 2.79 bits per heavy atom. The van der Waals surface area contributed by atoms with Crippen LogP contribution in [-0.2, 0) is 9.53 Å². The molecular formula is C25H40O3. The first-order valence-corrected chi connectivity index (χ1v) is 11.7. The van der Waals surface area contributed by atoms with Gasteiger partial charge in [-0.3, -0.25) is 4.79 Å². The molecule has 0 radical (unpaired) electrons. The van der Waals surface area contributed by atoms with Crippen molar-refractivity contribution >= 4 is 5.97 Å². The molecule has 3 heteroatoms. The number of aliphatic hydroxyl groups is 1. The van der Waals surface area contributed by atoms with Crippen molar-refractivity contribution in [1.82, 2.24) is 0 Å². The van der Waals surface area contributed by atoms with Crippen LogP contribution in [0.2, 0.25) is 0 Å². The Morgan fingerprint density at radius 1 is 1.25 bits per heavy atom. The standard InChI is InChI=1S/C25H40O3/c1-16(5-10-23(27)28-4)20-8-9-21-19-7-6-17-15-18(26)11-13-24(17,2)22(19)12-14-25(20,21)3/h12,16-21,26H,5-11,13-15H2,1-4H3/t16-,17+,18+,19+,20-,21-,24-,25+/m0/s1. The van der Waals surface area contributed by atoms with E-state index in [1.807, 2.05) is 0 Å². The Hall–Kier alpha value is -0.830. The van der Waals surface area contributed by atoms with Gasteiger partial charge < -0.3 is 9.84 Å². The topological polar surface area (TPSA) is 46.5 Å². The van der Waals surface area contributed by atoms with E-state index in [-0.39, 0.29) is 12.1 Å². The van der Waals surface area contributed by atoms with Gasteiger partial charge in [-0.05, 0) is 98.2 Å². The molecule has 0 spiro atoms. The lowest BCUT2D eigenvalue weighted by atomic mass is 9.48. The summed E-state index contributed by atoms with van der Waals surface area (Å²) in [6.45, 7) is 7.42. The molecule has 0 aromatic heterocycles. The minimum Gasteiger partial charge on any atom is -0.469 e. The monoisotopic (exact) mass is 388 g/mol. The molecule has 0 saturated heterocycles. The Bertz CT molecular complexity index is 640. The van der Waals surface area contributed by atoms with Gasteiger partial charge in [-0.15, -0.1) is 0 Å². The molecule has 158 valence electrons. The first kappa shape index (κ1) is 20.4. The Morgan fingerprint density at radius 2 is 2.04 bits per heavy atom. The van der Waals surface area contributed by atoms with Crippen molar-refractivity contribution in [2.75, 3.05) is 7.11 Å². The van der Waals surface area contributed by atoms with Gasteiger partial charge in [0.1, 0.15) is 0 Å². The number of fused-ring (bicyclic) bond motifs is 5. The first-order valence-electron chi connectivity index (χ1n) is 11.7. The number of rotatable bonds is 4. The molecule has 8 atom stereocenters. The van der Waals surface area contributed by atoms with Crippen LogP contribution in [0.5, 0.6) is 0 Å². The van der Waals surface area contributed by atoms with Gasteiger partial charge in [0.25, 0.3) is 0 Å². The van der Waals surface area contributed by atoms with Crippen LogP contribution in [0.25, 0.3) is 0 Å². The first-order chi connectivity index (χ1) is 13.3. The summed E-state index contributed by atoms with van der Waals surface area (Å²) >= 11 is 0. The van der Waals surface area contributed by atoms with E-state index in [4.69, 9.17) is 4.74 Å². The van der Waals surface area contributed by atoms with Crippen LogP contribution >= 0.6 is 0 Å². The van der Waals surface area contributed by atoms with Crippen LogP contribution in [0.3, 0.4) is 0 Å². The van der Waals surface area contributed by atoms with Gasteiger partial charge in [0, 0.05) is 6.42 Å². The summed E-state index contributed by atoms with van der Waals surface area (Å²) in [7, 11) is 1.49. The maximum Gasteiger partial charge on any atom is 0.305 e. The molecule has 4 aliphatic rings. The summed E-state index contributed by atoms with van der Waals surface area (Å²) in [5.41, 5.74) is 2.49. The van der Waals surface area contributed by atoms with Crippen LogP contribution in [0.4, 0.5) is 0 Å². The molecule has 0 amide bonds. The summed E-state index contributed by atoms with van der Waals surface area (Å²) in [4.78, 5) is 11.6. The fourth-order valence-electron chi connectivity index (χ4n) is 8.13. The molecule has 0 aliphatic heterocycles. The SMILES string of the molecule is COC(=O)CC[C@H](C)[C@@H]1CC[C@H]2[C@H]3CC[C@@H]4C[C@H](O)CC[C@]4(C)C3=CC[C@]12C. The maximum absolute atomic E-state index is 11.6. The summed E-state index contributed by atoms with van der Waals surface area (Å²) in [5, 5.41) is 10.2. The number of carbonyl (C=O) groups is 1. The Kier molecular flexibility index (Phi) is 5.44. The van der Waals surface area contributed by atoms with Gasteiger partial charge in [-0.1, -0.05) is 32.4 Å². The number of esters is 1. The number of methoxy groups -OCH3 is 1. The van der Waals surface area contributed by atoms with Crippen molar-refractivity contribution in [3.05, 3.63) is 11.6 Å². The average Bonchev–Trinajstić information content (AvgIpc) is 3.03. The predicted octanol–water partition coefficient (Wildman–Crippen LogP) is 5.52. The van der Waals surface area contributed by atoms with E-state index in [1.165, 1.54) is 45.6 Å². The van der Waals surface area contributed by atoms with E-state index < -0.39 is 0 Å². The molecule has 0 unspecified atom stereocenters. The van der Waals surface area contributed by atoms with Gasteiger partial charge in [-0.25, -0.2) is 0 Å². The molecule has 4 aliphatic carbocycles. The number of hydrogen-bond donors (Lipinski definition) is 1. The van der Waals surface area contributed by atoms with Gasteiger partial charge in [-0.2, -0.15) is 0 Å². The van der Waals surface area contributed by atoms with Crippen LogP contribution in [-0.4, -0.2) is 24.3 Å². The van der Waals surface area contributed by atoms with Crippen LogP contribution in [0.15, 0.2) is 11.6 Å². The Labute approximate surface area is 171 Å². The summed E-state index contributed by atoms with van der Waals surface area (Å²) in [6, 6.07) is 0. The highest BCUT2D eigenvalue weighted by Gasteiger charge is 2.57. The van der Waals surface area contributed by atoms with E-state index in [1.54, 1.807) is 5.57 Å². The maximum atomic E-state index is 11.6. The lowest BCUT2D eigenvalue weighted by Gasteiger charge is -2.57. The second-order valence-corrected chi connectivity index (χ2v) is 11.0. The highest BCUT2D eigenvalue weighted by Crippen LogP contribution is 2.66. The highest BCUT2D eigenvalue weighted by molar-refractivity contribution is 5.69. The highest BCUT2D eigenvalue weighted by atomic mass is 16.5. The molecule has 0 aromatic carbocycles. The zero-order valence-corrected chi connectivity index (χ0v) is 18.4. The predicted molar refractivity (Wildman–Crippen MR) is 112 cm³/mol. The lowest BCUT2D eigenvalue weighted by Crippen LogP contribution is -2.48. The minimum atomic E-state index is -0.0735. The second-order valence-electron chi connectivity index (χ2n) is 11.0. The molecule has 3 saturated carbocycles. The molecule has 4 rings (SSSR count). The summed E-state index contributed by atoms with van der Waals surface area (Å²) in [6.07, 6.45) is 13.8. The molecule has 1 N–H and O–H groups in total. The zero-order valence-electron chi connectivity index (χ0n) is 18.4. The molecule has 28 heavy (non-hydrogen) atoms. The number of allylic oxidation sites excluding steroid dienone is 2. The number of ether oxygens (including phenoxy) is 1. The van der Waals surface area contributed by atoms with Gasteiger partial charge >= 0.3 is 5.97 Å². The number of carbonyl (C=O) groups excluding carboxylic acids is 1. The van der Waals surface area contributed by atoms with Gasteiger partial charge in [0.15, 0.2) is 0 Å². The third-order valence-corrected chi connectivity index (χ3v) is 9.79. The lowest BCUT2D eigenvalue weighted by molar-refractivity contribution is -0.141. The Balaban J connectivity index is 1.53. The van der Waals surface area contributed by atoms with Crippen molar-refractivity contribution in [3.63, 3.8) is 0 Å². The van der Waals surface area contributed by atoms with E-state index in [9.17, 15) is 9.90 Å². The number of hydrogen-bond acceptors (Lipinski definition) is 3.